The third-order valence-corrected chi connectivity index (χ3v) is 2.63. The minimum absolute atomic E-state index is 0.0356. The molecule has 0 saturated carbocycles. The standard InChI is InChI=1S/C12H15FN2O/c1-8(7-16)9(2)15-11-4-3-10(6-14)12(13)5-11/h3-5,8-9,15-16H,7H2,1-2H3. The van der Waals surface area contributed by atoms with Gasteiger partial charge in [0, 0.05) is 18.3 Å². The van der Waals surface area contributed by atoms with Crippen LogP contribution in [0.3, 0.4) is 0 Å². The van der Waals surface area contributed by atoms with E-state index in [0.29, 0.717) is 5.69 Å². The van der Waals surface area contributed by atoms with Crippen LogP contribution in [0.25, 0.3) is 0 Å². The molecule has 0 fully saturated rings. The van der Waals surface area contributed by atoms with Crippen molar-refractivity contribution in [3.8, 4) is 6.07 Å². The molecule has 0 heterocycles. The highest BCUT2D eigenvalue weighted by atomic mass is 19.1. The lowest BCUT2D eigenvalue weighted by atomic mass is 10.0. The second kappa shape index (κ2) is 5.47. The van der Waals surface area contributed by atoms with E-state index in [4.69, 9.17) is 10.4 Å². The first-order valence-electron chi connectivity index (χ1n) is 5.15. The molecule has 0 aromatic heterocycles. The third-order valence-electron chi connectivity index (χ3n) is 2.63. The summed E-state index contributed by atoms with van der Waals surface area (Å²) in [7, 11) is 0. The molecule has 4 heteroatoms. The van der Waals surface area contributed by atoms with Gasteiger partial charge in [-0.25, -0.2) is 4.39 Å². The molecule has 0 saturated heterocycles. The van der Waals surface area contributed by atoms with E-state index in [1.165, 1.54) is 12.1 Å². The van der Waals surface area contributed by atoms with Crippen molar-refractivity contribution in [1.29, 1.82) is 5.26 Å². The number of hydrogen-bond acceptors (Lipinski definition) is 3. The molecule has 1 aromatic rings. The van der Waals surface area contributed by atoms with E-state index in [2.05, 4.69) is 5.32 Å². The second-order valence-electron chi connectivity index (χ2n) is 3.90. The van der Waals surface area contributed by atoms with Gasteiger partial charge in [-0.2, -0.15) is 5.26 Å². The van der Waals surface area contributed by atoms with Gasteiger partial charge in [0.2, 0.25) is 0 Å². The fraction of sp³-hybridized carbons (Fsp3) is 0.417. The number of hydrogen-bond donors (Lipinski definition) is 2. The van der Waals surface area contributed by atoms with E-state index in [0.717, 1.165) is 0 Å². The van der Waals surface area contributed by atoms with Gasteiger partial charge in [0.1, 0.15) is 11.9 Å². The van der Waals surface area contributed by atoms with Crippen LogP contribution < -0.4 is 5.32 Å². The van der Waals surface area contributed by atoms with Crippen LogP contribution in [-0.4, -0.2) is 17.8 Å². The smallest absolute Gasteiger partial charge is 0.143 e. The maximum absolute atomic E-state index is 13.3. The normalized spacial score (nSPS) is 13.9. The van der Waals surface area contributed by atoms with Crippen LogP contribution in [0.2, 0.25) is 0 Å². The van der Waals surface area contributed by atoms with Gasteiger partial charge in [0.15, 0.2) is 0 Å². The van der Waals surface area contributed by atoms with Crippen LogP contribution in [0, 0.1) is 23.1 Å². The van der Waals surface area contributed by atoms with Crippen molar-refractivity contribution < 1.29 is 9.50 Å². The molecule has 2 N–H and O–H groups in total. The molecule has 1 aromatic carbocycles. The summed E-state index contributed by atoms with van der Waals surface area (Å²) in [6.07, 6.45) is 0. The van der Waals surface area contributed by atoms with Crippen molar-refractivity contribution >= 4 is 5.69 Å². The van der Waals surface area contributed by atoms with Gasteiger partial charge in [-0.1, -0.05) is 6.92 Å². The zero-order valence-electron chi connectivity index (χ0n) is 9.37. The van der Waals surface area contributed by atoms with E-state index in [-0.39, 0.29) is 24.1 Å². The Bertz CT molecular complexity index is 400. The molecule has 0 amide bonds. The lowest BCUT2D eigenvalue weighted by molar-refractivity contribution is 0.226. The highest BCUT2D eigenvalue weighted by Gasteiger charge is 2.11. The Morgan fingerprint density at radius 1 is 1.50 bits per heavy atom. The minimum Gasteiger partial charge on any atom is -0.396 e. The molecule has 16 heavy (non-hydrogen) atoms. The van der Waals surface area contributed by atoms with E-state index in [1.807, 2.05) is 13.8 Å². The predicted octanol–water partition coefficient (Wildman–Crippen LogP) is 2.13. The van der Waals surface area contributed by atoms with Crippen molar-refractivity contribution in [3.05, 3.63) is 29.6 Å². The highest BCUT2D eigenvalue weighted by Crippen LogP contribution is 2.16. The molecular formula is C12H15FN2O. The number of nitrogens with one attached hydrogen (secondary N) is 1. The number of aliphatic hydroxyl groups is 1. The third kappa shape index (κ3) is 2.94. The van der Waals surface area contributed by atoms with Crippen LogP contribution >= 0.6 is 0 Å². The fourth-order valence-corrected chi connectivity index (χ4v) is 1.26. The summed E-state index contributed by atoms with van der Waals surface area (Å²) >= 11 is 0. The lowest BCUT2D eigenvalue weighted by Crippen LogP contribution is -2.26. The summed E-state index contributed by atoms with van der Waals surface area (Å²) in [5, 5.41) is 20.6. The van der Waals surface area contributed by atoms with Gasteiger partial charge in [0.25, 0.3) is 0 Å². The Morgan fingerprint density at radius 2 is 2.19 bits per heavy atom. The SMILES string of the molecule is CC(CO)C(C)Nc1ccc(C#N)c(F)c1. The number of halogens is 1. The van der Waals surface area contributed by atoms with Crippen LogP contribution in [0.4, 0.5) is 10.1 Å². The molecule has 0 spiro atoms. The maximum Gasteiger partial charge on any atom is 0.143 e. The maximum atomic E-state index is 13.3. The minimum atomic E-state index is -0.531. The monoisotopic (exact) mass is 222 g/mol. The average Bonchev–Trinajstić information content (AvgIpc) is 2.28. The molecule has 2 unspecified atom stereocenters. The molecule has 1 rings (SSSR count). The van der Waals surface area contributed by atoms with Crippen LogP contribution in [0.15, 0.2) is 18.2 Å². The molecule has 2 atom stereocenters. The zero-order chi connectivity index (χ0) is 12.1. The molecule has 3 nitrogen and oxygen atoms in total. The fourth-order valence-electron chi connectivity index (χ4n) is 1.26. The zero-order valence-corrected chi connectivity index (χ0v) is 9.37. The second-order valence-corrected chi connectivity index (χ2v) is 3.90. The Morgan fingerprint density at radius 3 is 2.69 bits per heavy atom. The van der Waals surface area contributed by atoms with E-state index in [9.17, 15) is 4.39 Å². The first kappa shape index (κ1) is 12.5. The van der Waals surface area contributed by atoms with Crippen molar-refractivity contribution in [3.63, 3.8) is 0 Å². The van der Waals surface area contributed by atoms with Gasteiger partial charge >= 0.3 is 0 Å². The lowest BCUT2D eigenvalue weighted by Gasteiger charge is -2.20. The molecule has 0 radical (unpaired) electrons. The van der Waals surface area contributed by atoms with Crippen molar-refractivity contribution in [2.45, 2.75) is 19.9 Å². The van der Waals surface area contributed by atoms with Gasteiger partial charge in [0.05, 0.1) is 5.56 Å². The Balaban J connectivity index is 2.76. The number of anilines is 1. The van der Waals surface area contributed by atoms with Crippen molar-refractivity contribution in [2.24, 2.45) is 5.92 Å². The number of benzene rings is 1. The van der Waals surface area contributed by atoms with E-state index >= 15 is 0 Å². The first-order valence-corrected chi connectivity index (χ1v) is 5.15. The van der Waals surface area contributed by atoms with Crippen LogP contribution in [0.1, 0.15) is 19.4 Å². The average molecular weight is 222 g/mol. The Labute approximate surface area is 94.5 Å². The van der Waals surface area contributed by atoms with Crippen molar-refractivity contribution in [1.82, 2.24) is 0 Å². The number of rotatable bonds is 4. The summed E-state index contributed by atoms with van der Waals surface area (Å²) in [6, 6.07) is 6.19. The van der Waals surface area contributed by atoms with Crippen molar-refractivity contribution in [2.75, 3.05) is 11.9 Å². The largest absolute Gasteiger partial charge is 0.396 e. The van der Waals surface area contributed by atoms with E-state index in [1.54, 1.807) is 12.1 Å². The number of aliphatic hydroxyl groups excluding tert-OH is 1. The summed E-state index contributed by atoms with van der Waals surface area (Å²) in [4.78, 5) is 0. The summed E-state index contributed by atoms with van der Waals surface area (Å²) < 4.78 is 13.3. The quantitative estimate of drug-likeness (QED) is 0.820. The molecular weight excluding hydrogens is 207 g/mol. The van der Waals surface area contributed by atoms with Gasteiger partial charge in [-0.15, -0.1) is 0 Å². The predicted molar refractivity (Wildman–Crippen MR) is 60.4 cm³/mol. The van der Waals surface area contributed by atoms with Crippen LogP contribution in [-0.2, 0) is 0 Å². The highest BCUT2D eigenvalue weighted by molar-refractivity contribution is 5.48. The summed E-state index contributed by atoms with van der Waals surface area (Å²) in [5.74, 6) is -0.449. The molecule has 86 valence electrons. The molecule has 0 aliphatic heterocycles. The number of nitriles is 1. The number of nitrogens with zero attached hydrogens (tertiary/aromatic N) is 1. The van der Waals surface area contributed by atoms with Gasteiger partial charge < -0.3 is 10.4 Å². The van der Waals surface area contributed by atoms with E-state index < -0.39 is 5.82 Å². The van der Waals surface area contributed by atoms with Gasteiger partial charge in [-0.3, -0.25) is 0 Å². The Kier molecular flexibility index (Phi) is 4.27. The Hall–Kier alpha value is -1.60. The molecule has 0 bridgehead atoms. The van der Waals surface area contributed by atoms with Gasteiger partial charge in [-0.05, 0) is 31.0 Å². The molecule has 0 aliphatic carbocycles. The summed E-state index contributed by atoms with van der Waals surface area (Å²) in [6.45, 7) is 3.89. The topological polar surface area (TPSA) is 56.0 Å². The van der Waals surface area contributed by atoms with Crippen LogP contribution in [0.5, 0.6) is 0 Å². The summed E-state index contributed by atoms with van der Waals surface area (Å²) in [5.41, 5.74) is 0.651. The first-order chi connectivity index (χ1) is 7.58. The molecule has 0 aliphatic rings.